The van der Waals surface area contributed by atoms with Gasteiger partial charge in [-0.05, 0) is 61.1 Å². The molecule has 0 spiro atoms. The zero-order valence-electron chi connectivity index (χ0n) is 24.8. The van der Waals surface area contributed by atoms with Crippen LogP contribution in [0.15, 0.2) is 72.8 Å². The highest BCUT2D eigenvalue weighted by Gasteiger charge is 2.42. The Bertz CT molecular complexity index is 1450. The van der Waals surface area contributed by atoms with E-state index in [0.717, 1.165) is 27.8 Å². The van der Waals surface area contributed by atoms with E-state index in [1.54, 1.807) is 20.8 Å². The second kappa shape index (κ2) is 12.4. The Kier molecular flexibility index (Phi) is 8.62. The van der Waals surface area contributed by atoms with E-state index in [9.17, 15) is 19.5 Å². The van der Waals surface area contributed by atoms with Crippen LogP contribution >= 0.6 is 0 Å². The number of ether oxygens (including phenoxy) is 3. The number of nitrogens with one attached hydrogen (secondary N) is 1. The molecule has 0 bridgehead atoms. The highest BCUT2D eigenvalue weighted by atomic mass is 16.6. The molecule has 3 aromatic rings. The summed E-state index contributed by atoms with van der Waals surface area (Å²) in [6, 6.07) is 23.7. The molecule has 5 rings (SSSR count). The van der Waals surface area contributed by atoms with Crippen molar-refractivity contribution in [1.29, 1.82) is 0 Å². The largest absolute Gasteiger partial charge is 0.491 e. The van der Waals surface area contributed by atoms with Gasteiger partial charge in [0, 0.05) is 25.3 Å². The number of alkyl carbamates (subject to hydrolysis) is 1. The van der Waals surface area contributed by atoms with Gasteiger partial charge in [-0.3, -0.25) is 4.79 Å². The number of nitrogens with zero attached hydrogens (tertiary/aromatic N) is 1. The van der Waals surface area contributed by atoms with Crippen molar-refractivity contribution in [2.75, 3.05) is 26.3 Å². The lowest BCUT2D eigenvalue weighted by molar-refractivity contribution is -0.137. The van der Waals surface area contributed by atoms with Gasteiger partial charge in [-0.15, -0.1) is 0 Å². The van der Waals surface area contributed by atoms with Crippen molar-refractivity contribution >= 4 is 18.2 Å². The molecule has 2 N–H and O–H groups in total. The smallest absolute Gasteiger partial charge is 0.409 e. The quantitative estimate of drug-likeness (QED) is 0.316. The average Bonchev–Trinajstić information content (AvgIpc) is 3.27. The van der Waals surface area contributed by atoms with Gasteiger partial charge in [0.2, 0.25) is 0 Å². The summed E-state index contributed by atoms with van der Waals surface area (Å²) < 4.78 is 17.6. The minimum Gasteiger partial charge on any atom is -0.491 e. The summed E-state index contributed by atoms with van der Waals surface area (Å²) in [7, 11) is 0. The number of fused-ring (bicyclic) bond motifs is 4. The molecular formula is C34H38N2O7. The molecule has 1 aliphatic carbocycles. The number of para-hydroxylation sites is 1. The third-order valence-corrected chi connectivity index (χ3v) is 7.68. The molecular weight excluding hydrogens is 548 g/mol. The van der Waals surface area contributed by atoms with Gasteiger partial charge in [-0.1, -0.05) is 66.7 Å². The number of hydrogen-bond acceptors (Lipinski definition) is 6. The number of carboxylic acid groups (broad SMARTS) is 1. The summed E-state index contributed by atoms with van der Waals surface area (Å²) in [5.74, 6) is -0.373. The fraction of sp³-hybridized carbons (Fsp3) is 0.382. The third kappa shape index (κ3) is 7.10. The molecule has 226 valence electrons. The normalized spacial score (nSPS) is 17.1. The van der Waals surface area contributed by atoms with Gasteiger partial charge in [-0.2, -0.15) is 0 Å². The summed E-state index contributed by atoms with van der Waals surface area (Å²) >= 11 is 0. The zero-order chi connectivity index (χ0) is 30.6. The lowest BCUT2D eigenvalue weighted by atomic mass is 9.88. The monoisotopic (exact) mass is 586 g/mol. The Labute approximate surface area is 251 Å². The molecule has 1 heterocycles. The van der Waals surface area contributed by atoms with Crippen molar-refractivity contribution in [3.63, 3.8) is 0 Å². The van der Waals surface area contributed by atoms with E-state index in [-0.39, 0.29) is 45.1 Å². The Morgan fingerprint density at radius 3 is 2.26 bits per heavy atom. The van der Waals surface area contributed by atoms with E-state index in [4.69, 9.17) is 14.2 Å². The first kappa shape index (κ1) is 29.9. The minimum absolute atomic E-state index is 0.0386. The van der Waals surface area contributed by atoms with Gasteiger partial charge in [-0.25, -0.2) is 9.59 Å². The molecule has 2 aliphatic rings. The Balaban J connectivity index is 1.38. The van der Waals surface area contributed by atoms with Crippen LogP contribution in [0.3, 0.4) is 0 Å². The molecule has 2 amide bonds. The van der Waals surface area contributed by atoms with Crippen LogP contribution < -0.4 is 10.1 Å². The van der Waals surface area contributed by atoms with E-state index in [1.807, 2.05) is 48.5 Å². The standard InChI is InChI=1S/C34H38N2O7/c1-33(2,3)43-31(39)35-34(19-23-11-4-9-16-29(23)42-22-34)21-36(18-10-17-30(37)38)32(40)41-20-28-26-14-7-5-12-24(26)25-13-6-8-15-27(25)28/h4-9,11-16,28H,10,17-22H2,1-3H3,(H,35,39)(H,37,38). The SMILES string of the molecule is CC(C)(C)OC(=O)NC1(CN(CCCC(=O)O)C(=O)OCC2c3ccccc3-c3ccccc32)COc2ccccc2C1. The summed E-state index contributed by atoms with van der Waals surface area (Å²) in [5, 5.41) is 12.3. The van der Waals surface area contributed by atoms with Gasteiger partial charge in [0.1, 0.15) is 24.6 Å². The second-order valence-electron chi connectivity index (χ2n) is 12.2. The van der Waals surface area contributed by atoms with Gasteiger partial charge >= 0.3 is 18.2 Å². The molecule has 9 nitrogen and oxygen atoms in total. The van der Waals surface area contributed by atoms with Gasteiger partial charge < -0.3 is 29.5 Å². The van der Waals surface area contributed by atoms with Gasteiger partial charge in [0.15, 0.2) is 0 Å². The molecule has 43 heavy (non-hydrogen) atoms. The summed E-state index contributed by atoms with van der Waals surface area (Å²) in [5.41, 5.74) is 3.54. The molecule has 3 aromatic carbocycles. The summed E-state index contributed by atoms with van der Waals surface area (Å²) in [6.45, 7) is 5.71. The van der Waals surface area contributed by atoms with Crippen molar-refractivity contribution in [3.05, 3.63) is 89.5 Å². The number of benzene rings is 3. The van der Waals surface area contributed by atoms with Crippen molar-refractivity contribution < 1.29 is 33.7 Å². The zero-order valence-corrected chi connectivity index (χ0v) is 24.8. The Morgan fingerprint density at radius 1 is 0.977 bits per heavy atom. The van der Waals surface area contributed by atoms with E-state index >= 15 is 0 Å². The number of amides is 2. The van der Waals surface area contributed by atoms with Crippen LogP contribution in [-0.4, -0.2) is 65.6 Å². The van der Waals surface area contributed by atoms with Crippen LogP contribution in [0, 0.1) is 0 Å². The number of carbonyl (C=O) groups excluding carboxylic acids is 2. The van der Waals surface area contributed by atoms with Crippen molar-refractivity contribution in [1.82, 2.24) is 10.2 Å². The molecule has 1 atom stereocenters. The number of rotatable bonds is 9. The molecule has 1 unspecified atom stereocenters. The summed E-state index contributed by atoms with van der Waals surface area (Å²) in [6.07, 6.45) is -0.725. The van der Waals surface area contributed by atoms with E-state index in [0.29, 0.717) is 12.2 Å². The fourth-order valence-electron chi connectivity index (χ4n) is 5.87. The maximum absolute atomic E-state index is 13.7. The topological polar surface area (TPSA) is 114 Å². The minimum atomic E-state index is -1.04. The lowest BCUT2D eigenvalue weighted by Crippen LogP contribution is -2.63. The third-order valence-electron chi connectivity index (χ3n) is 7.68. The van der Waals surface area contributed by atoms with Crippen LogP contribution in [0.1, 0.15) is 56.2 Å². The van der Waals surface area contributed by atoms with Gasteiger partial charge in [0.25, 0.3) is 0 Å². The first-order valence-electron chi connectivity index (χ1n) is 14.6. The second-order valence-corrected chi connectivity index (χ2v) is 12.2. The van der Waals surface area contributed by atoms with E-state index in [1.165, 1.54) is 4.90 Å². The number of carboxylic acids is 1. The van der Waals surface area contributed by atoms with Crippen molar-refractivity contribution in [2.24, 2.45) is 0 Å². The van der Waals surface area contributed by atoms with Gasteiger partial charge in [0.05, 0.1) is 12.1 Å². The maximum Gasteiger partial charge on any atom is 0.409 e. The molecule has 9 heteroatoms. The van der Waals surface area contributed by atoms with Crippen LogP contribution in [-0.2, 0) is 20.7 Å². The number of hydrogen-bond donors (Lipinski definition) is 2. The predicted molar refractivity (Wildman–Crippen MR) is 161 cm³/mol. The van der Waals surface area contributed by atoms with Crippen molar-refractivity contribution in [3.8, 4) is 16.9 Å². The fourth-order valence-corrected chi connectivity index (χ4v) is 5.87. The lowest BCUT2D eigenvalue weighted by Gasteiger charge is -2.41. The number of aliphatic carboxylic acids is 1. The van der Waals surface area contributed by atoms with Crippen LogP contribution in [0.2, 0.25) is 0 Å². The summed E-state index contributed by atoms with van der Waals surface area (Å²) in [4.78, 5) is 39.6. The molecule has 0 fully saturated rings. The first-order chi connectivity index (χ1) is 20.5. The molecule has 0 radical (unpaired) electrons. The number of carbonyl (C=O) groups is 3. The first-order valence-corrected chi connectivity index (χ1v) is 14.6. The molecule has 0 saturated heterocycles. The van der Waals surface area contributed by atoms with E-state index in [2.05, 4.69) is 29.6 Å². The molecule has 0 aromatic heterocycles. The van der Waals surface area contributed by atoms with Crippen molar-refractivity contribution in [2.45, 2.75) is 57.1 Å². The average molecular weight is 587 g/mol. The highest BCUT2D eigenvalue weighted by molar-refractivity contribution is 5.79. The highest BCUT2D eigenvalue weighted by Crippen LogP contribution is 2.44. The van der Waals surface area contributed by atoms with Crippen LogP contribution in [0.25, 0.3) is 11.1 Å². The molecule has 1 aliphatic heterocycles. The van der Waals surface area contributed by atoms with Crippen LogP contribution in [0.4, 0.5) is 9.59 Å². The van der Waals surface area contributed by atoms with Crippen LogP contribution in [0.5, 0.6) is 5.75 Å². The van der Waals surface area contributed by atoms with E-state index < -0.39 is 29.3 Å². The maximum atomic E-state index is 13.7. The Morgan fingerprint density at radius 2 is 1.60 bits per heavy atom. The Hall–Kier alpha value is -4.53. The molecule has 0 saturated carbocycles. The predicted octanol–water partition coefficient (Wildman–Crippen LogP) is 6.00.